The summed E-state index contributed by atoms with van der Waals surface area (Å²) >= 11 is 0. The van der Waals surface area contributed by atoms with Gasteiger partial charge in [0.15, 0.2) is 9.84 Å². The first-order valence-electron chi connectivity index (χ1n) is 7.15. The van der Waals surface area contributed by atoms with Gasteiger partial charge in [-0.25, -0.2) is 22.3 Å². The maximum Gasteiger partial charge on any atom is 0.254 e. The van der Waals surface area contributed by atoms with E-state index >= 15 is 0 Å². The first-order chi connectivity index (χ1) is 11.3. The second-order valence-electron chi connectivity index (χ2n) is 5.11. The Kier molecular flexibility index (Phi) is 5.84. The molecule has 7 nitrogen and oxygen atoms in total. The molecule has 0 spiro atoms. The summed E-state index contributed by atoms with van der Waals surface area (Å²) in [4.78, 5) is 28.8. The van der Waals surface area contributed by atoms with E-state index in [1.54, 1.807) is 0 Å². The number of amides is 2. The number of nitrogens with zero attached hydrogens (tertiary/aromatic N) is 1. The Morgan fingerprint density at radius 3 is 2.71 bits per heavy atom. The van der Waals surface area contributed by atoms with Crippen molar-refractivity contribution in [3.63, 3.8) is 0 Å². The summed E-state index contributed by atoms with van der Waals surface area (Å²) < 4.78 is 49.1. The summed E-state index contributed by atoms with van der Waals surface area (Å²) in [5.74, 6) is -3.41. The van der Waals surface area contributed by atoms with Crippen molar-refractivity contribution in [2.24, 2.45) is 0 Å². The van der Waals surface area contributed by atoms with Gasteiger partial charge >= 0.3 is 0 Å². The Hall–Kier alpha value is -2.07. The van der Waals surface area contributed by atoms with E-state index in [4.69, 9.17) is 4.84 Å². The molecule has 2 rings (SSSR count). The minimum Gasteiger partial charge on any atom is -0.351 e. The van der Waals surface area contributed by atoms with Crippen LogP contribution in [0.25, 0.3) is 0 Å². The molecule has 1 aliphatic heterocycles. The molecule has 24 heavy (non-hydrogen) atoms. The smallest absolute Gasteiger partial charge is 0.254 e. The maximum atomic E-state index is 13.4. The average molecular weight is 362 g/mol. The Bertz CT molecular complexity index is 739. The van der Waals surface area contributed by atoms with Crippen LogP contribution >= 0.6 is 0 Å². The lowest BCUT2D eigenvalue weighted by Gasteiger charge is -2.18. The number of hydrogen-bond acceptors (Lipinski definition) is 5. The quantitative estimate of drug-likeness (QED) is 0.830. The largest absolute Gasteiger partial charge is 0.351 e. The molecule has 1 fully saturated rings. The number of hydrogen-bond donors (Lipinski definition) is 1. The highest BCUT2D eigenvalue weighted by atomic mass is 32.2. The SMILES string of the molecule is O=C(NCCC(=O)N1CCS(=O)(=O)CCO1)c1ccc(F)cc1F. The zero-order valence-corrected chi connectivity index (χ0v) is 13.4. The van der Waals surface area contributed by atoms with Crippen molar-refractivity contribution in [1.29, 1.82) is 0 Å². The summed E-state index contributed by atoms with van der Waals surface area (Å²) in [6.45, 7) is -0.288. The highest BCUT2D eigenvalue weighted by molar-refractivity contribution is 7.91. The van der Waals surface area contributed by atoms with E-state index in [1.165, 1.54) is 0 Å². The molecule has 2 amide bonds. The van der Waals surface area contributed by atoms with Gasteiger partial charge in [0.2, 0.25) is 5.91 Å². The number of rotatable bonds is 4. The highest BCUT2D eigenvalue weighted by Gasteiger charge is 2.23. The summed E-state index contributed by atoms with van der Waals surface area (Å²) in [6.07, 6.45) is -0.144. The van der Waals surface area contributed by atoms with Crippen LogP contribution in [-0.2, 0) is 19.5 Å². The van der Waals surface area contributed by atoms with Gasteiger partial charge in [-0.15, -0.1) is 0 Å². The Balaban J connectivity index is 1.83. The minimum atomic E-state index is -3.22. The van der Waals surface area contributed by atoms with Crippen molar-refractivity contribution in [1.82, 2.24) is 10.4 Å². The van der Waals surface area contributed by atoms with Gasteiger partial charge in [0.25, 0.3) is 5.91 Å². The first-order valence-corrected chi connectivity index (χ1v) is 8.97. The van der Waals surface area contributed by atoms with Crippen LogP contribution in [0.2, 0.25) is 0 Å². The molecule has 0 atom stereocenters. The van der Waals surface area contributed by atoms with Crippen LogP contribution in [0.3, 0.4) is 0 Å². The fourth-order valence-electron chi connectivity index (χ4n) is 2.04. The second-order valence-corrected chi connectivity index (χ2v) is 7.41. The number of nitrogens with one attached hydrogen (secondary N) is 1. The van der Waals surface area contributed by atoms with Crippen molar-refractivity contribution in [2.45, 2.75) is 6.42 Å². The molecule has 0 bridgehead atoms. The van der Waals surface area contributed by atoms with Crippen LogP contribution < -0.4 is 5.32 Å². The Labute approximate surface area is 137 Å². The van der Waals surface area contributed by atoms with Crippen LogP contribution in [0, 0.1) is 11.6 Å². The summed E-state index contributed by atoms with van der Waals surface area (Å²) in [5.41, 5.74) is -0.332. The monoisotopic (exact) mass is 362 g/mol. The molecule has 10 heteroatoms. The Morgan fingerprint density at radius 1 is 1.25 bits per heavy atom. The van der Waals surface area contributed by atoms with Crippen LogP contribution in [0.15, 0.2) is 18.2 Å². The van der Waals surface area contributed by atoms with Crippen LogP contribution in [0.4, 0.5) is 8.78 Å². The lowest BCUT2D eigenvalue weighted by atomic mass is 10.2. The van der Waals surface area contributed by atoms with Crippen LogP contribution in [-0.4, -0.2) is 56.5 Å². The predicted octanol–water partition coefficient (Wildman–Crippen LogP) is 0.273. The van der Waals surface area contributed by atoms with E-state index in [2.05, 4.69) is 5.32 Å². The van der Waals surface area contributed by atoms with Crippen molar-refractivity contribution in [3.05, 3.63) is 35.4 Å². The predicted molar refractivity (Wildman–Crippen MR) is 79.6 cm³/mol. The maximum absolute atomic E-state index is 13.4. The molecule has 0 unspecified atom stereocenters. The molecule has 1 heterocycles. The first kappa shape index (κ1) is 18.3. The zero-order valence-electron chi connectivity index (χ0n) is 12.6. The number of hydroxylamine groups is 2. The normalized spacial score (nSPS) is 17.2. The molecule has 0 aliphatic carbocycles. The molecule has 132 valence electrons. The van der Waals surface area contributed by atoms with Gasteiger partial charge in [-0.05, 0) is 12.1 Å². The van der Waals surface area contributed by atoms with Crippen molar-refractivity contribution in [2.75, 3.05) is 31.2 Å². The van der Waals surface area contributed by atoms with E-state index in [9.17, 15) is 26.8 Å². The van der Waals surface area contributed by atoms with E-state index in [1.807, 2.05) is 0 Å². The van der Waals surface area contributed by atoms with Crippen LogP contribution in [0.1, 0.15) is 16.8 Å². The van der Waals surface area contributed by atoms with Gasteiger partial charge in [-0.2, -0.15) is 0 Å². The minimum absolute atomic E-state index is 0.0816. The van der Waals surface area contributed by atoms with Gasteiger partial charge in [-0.1, -0.05) is 0 Å². The zero-order chi connectivity index (χ0) is 17.7. The summed E-state index contributed by atoms with van der Waals surface area (Å²) in [7, 11) is -3.22. The molecule has 1 aromatic rings. The van der Waals surface area contributed by atoms with Gasteiger partial charge in [0.05, 0.1) is 30.2 Å². The molecule has 0 saturated carbocycles. The van der Waals surface area contributed by atoms with Crippen molar-refractivity contribution >= 4 is 21.7 Å². The fraction of sp³-hybridized carbons (Fsp3) is 0.429. The van der Waals surface area contributed by atoms with Crippen molar-refractivity contribution in [3.8, 4) is 0 Å². The van der Waals surface area contributed by atoms with Gasteiger partial charge in [-0.3, -0.25) is 14.4 Å². The Morgan fingerprint density at radius 2 is 2.00 bits per heavy atom. The second kappa shape index (κ2) is 7.67. The molecule has 1 N–H and O–H groups in total. The molecule has 1 saturated heterocycles. The molecule has 0 radical (unpaired) electrons. The van der Waals surface area contributed by atoms with E-state index in [0.29, 0.717) is 6.07 Å². The summed E-state index contributed by atoms with van der Waals surface area (Å²) in [5, 5.41) is 3.29. The highest BCUT2D eigenvalue weighted by Crippen LogP contribution is 2.09. The van der Waals surface area contributed by atoms with Gasteiger partial charge < -0.3 is 5.32 Å². The standard InChI is InChI=1S/C14H16F2N2O5S/c15-10-1-2-11(12(16)9-10)14(20)17-4-3-13(19)18-5-7-24(21,22)8-6-23-18/h1-2,9H,3-8H2,(H,17,20). The fourth-order valence-corrected chi connectivity index (χ4v) is 3.01. The lowest BCUT2D eigenvalue weighted by Crippen LogP contribution is -2.36. The molecule has 1 aromatic carbocycles. The molecular formula is C14H16F2N2O5S. The van der Waals surface area contributed by atoms with E-state index < -0.39 is 33.3 Å². The van der Waals surface area contributed by atoms with E-state index in [0.717, 1.165) is 17.2 Å². The molecular weight excluding hydrogens is 346 g/mol. The lowest BCUT2D eigenvalue weighted by molar-refractivity contribution is -0.181. The number of sulfone groups is 1. The summed E-state index contributed by atoms with van der Waals surface area (Å²) in [6, 6.07) is 2.55. The number of carbonyl (C=O) groups is 2. The number of halogens is 2. The van der Waals surface area contributed by atoms with Crippen molar-refractivity contribution < 1.29 is 31.6 Å². The third kappa shape index (κ3) is 4.96. The number of benzene rings is 1. The molecule has 1 aliphatic rings. The molecule has 0 aromatic heterocycles. The van der Waals surface area contributed by atoms with Gasteiger partial charge in [0.1, 0.15) is 11.6 Å². The van der Waals surface area contributed by atoms with E-state index in [-0.39, 0.29) is 43.2 Å². The third-order valence-electron chi connectivity index (χ3n) is 3.33. The number of carbonyl (C=O) groups excluding carboxylic acids is 2. The third-order valence-corrected chi connectivity index (χ3v) is 4.92. The van der Waals surface area contributed by atoms with Crippen LogP contribution in [0.5, 0.6) is 0 Å². The van der Waals surface area contributed by atoms with Gasteiger partial charge in [0, 0.05) is 19.0 Å². The topological polar surface area (TPSA) is 92.8 Å². The average Bonchev–Trinajstić information content (AvgIpc) is 2.67.